The predicted molar refractivity (Wildman–Crippen MR) is 102 cm³/mol. The highest BCUT2D eigenvalue weighted by Gasteiger charge is 2.70. The van der Waals surface area contributed by atoms with Crippen LogP contribution in [-0.2, 0) is 27.3 Å². The van der Waals surface area contributed by atoms with Gasteiger partial charge in [-0.1, -0.05) is 72.8 Å². The number of carbonyl (C=O) groups excluding carboxylic acids is 1. The largest absolute Gasteiger partial charge is 0.481 e. The van der Waals surface area contributed by atoms with E-state index in [9.17, 15) is 14.7 Å². The number of aliphatic carboxylic acids is 1. The molecule has 1 spiro atoms. The third kappa shape index (κ3) is 2.43. The maximum absolute atomic E-state index is 13.4. The summed E-state index contributed by atoms with van der Waals surface area (Å²) in [5.74, 6) is -2.58. The number of hydrogen-bond donors (Lipinski definition) is 1. The quantitative estimate of drug-likeness (QED) is 0.816. The van der Waals surface area contributed by atoms with Gasteiger partial charge in [0.15, 0.2) is 0 Å². The van der Waals surface area contributed by atoms with Gasteiger partial charge < -0.3 is 14.7 Å². The Hall–Kier alpha value is -2.92. The first-order valence-electron chi connectivity index (χ1n) is 9.58. The summed E-state index contributed by atoms with van der Waals surface area (Å²) in [5, 5.41) is 9.76. The lowest BCUT2D eigenvalue weighted by molar-refractivity contribution is -0.148. The van der Waals surface area contributed by atoms with E-state index in [1.54, 1.807) is 0 Å². The van der Waals surface area contributed by atoms with Crippen LogP contribution in [0.25, 0.3) is 0 Å². The molecule has 1 amide bonds. The van der Waals surface area contributed by atoms with Crippen molar-refractivity contribution < 1.29 is 19.4 Å². The minimum atomic E-state index is -0.963. The van der Waals surface area contributed by atoms with Crippen LogP contribution in [0.3, 0.4) is 0 Å². The molecule has 0 aliphatic carbocycles. The summed E-state index contributed by atoms with van der Waals surface area (Å²) in [4.78, 5) is 27.2. The van der Waals surface area contributed by atoms with Crippen molar-refractivity contribution in [2.75, 3.05) is 0 Å². The molecule has 28 heavy (non-hydrogen) atoms. The first kappa shape index (κ1) is 17.2. The number of carboxylic acid groups (broad SMARTS) is 1. The van der Waals surface area contributed by atoms with Gasteiger partial charge in [-0.25, -0.2) is 0 Å². The fraction of sp³-hybridized carbons (Fsp3) is 0.304. The van der Waals surface area contributed by atoms with Gasteiger partial charge in [0, 0.05) is 6.54 Å². The number of fused-ring (bicyclic) bond motifs is 1. The van der Waals surface area contributed by atoms with Gasteiger partial charge in [0.25, 0.3) is 0 Å². The molecule has 3 aliphatic heterocycles. The van der Waals surface area contributed by atoms with Gasteiger partial charge in [0.1, 0.15) is 11.5 Å². The van der Waals surface area contributed by atoms with E-state index in [0.717, 1.165) is 11.1 Å². The Bertz CT molecular complexity index is 942. The van der Waals surface area contributed by atoms with Crippen LogP contribution in [0.15, 0.2) is 72.8 Å². The predicted octanol–water partition coefficient (Wildman–Crippen LogP) is 2.66. The standard InChI is InChI=1S/C23H21NO4/c25-21-20-19(22(26)27)17-11-12-23(20,28-17)18(13-15-7-3-1-4-8-15)24(21)14-16-9-5-2-6-10-16/h1-12,17-20H,13-14H2,(H,26,27)/t17-,18+,19-,20-,23-/m1/s1. The minimum absolute atomic E-state index is 0.121. The Morgan fingerprint density at radius 2 is 1.68 bits per heavy atom. The van der Waals surface area contributed by atoms with Crippen molar-refractivity contribution in [2.45, 2.75) is 30.7 Å². The van der Waals surface area contributed by atoms with Crippen LogP contribution in [0, 0.1) is 11.8 Å². The number of likely N-dealkylation sites (tertiary alicyclic amines) is 1. The van der Waals surface area contributed by atoms with Crippen LogP contribution < -0.4 is 0 Å². The van der Waals surface area contributed by atoms with Crippen LogP contribution in [0.2, 0.25) is 0 Å². The van der Waals surface area contributed by atoms with Gasteiger partial charge in [-0.2, -0.15) is 0 Å². The zero-order chi connectivity index (χ0) is 19.3. The number of nitrogens with zero attached hydrogens (tertiary/aromatic N) is 1. The average molecular weight is 375 g/mol. The van der Waals surface area contributed by atoms with Gasteiger partial charge in [-0.3, -0.25) is 9.59 Å². The second kappa shape index (κ2) is 6.31. The molecule has 5 rings (SSSR count). The van der Waals surface area contributed by atoms with Gasteiger partial charge >= 0.3 is 5.97 Å². The number of rotatable bonds is 5. The number of ether oxygens (including phenoxy) is 1. The molecule has 2 aromatic carbocycles. The molecule has 0 saturated carbocycles. The fourth-order valence-electron chi connectivity index (χ4n) is 5.08. The van der Waals surface area contributed by atoms with Crippen molar-refractivity contribution in [3.63, 3.8) is 0 Å². The molecule has 2 saturated heterocycles. The Labute approximate surface area is 163 Å². The third-order valence-electron chi connectivity index (χ3n) is 6.28. The molecule has 0 unspecified atom stereocenters. The summed E-state index contributed by atoms with van der Waals surface area (Å²) in [7, 11) is 0. The molecule has 2 aromatic rings. The highest BCUT2D eigenvalue weighted by Crippen LogP contribution is 2.55. The number of hydrogen-bond acceptors (Lipinski definition) is 3. The van der Waals surface area contributed by atoms with E-state index in [1.165, 1.54) is 0 Å². The number of benzene rings is 2. The topological polar surface area (TPSA) is 66.8 Å². The van der Waals surface area contributed by atoms with Gasteiger partial charge in [-0.05, 0) is 17.5 Å². The lowest BCUT2D eigenvalue weighted by Crippen LogP contribution is -2.46. The van der Waals surface area contributed by atoms with E-state index in [4.69, 9.17) is 4.74 Å². The zero-order valence-corrected chi connectivity index (χ0v) is 15.3. The normalized spacial score (nSPS) is 32.7. The maximum atomic E-state index is 13.4. The molecule has 5 nitrogen and oxygen atoms in total. The molecule has 2 bridgehead atoms. The molecular formula is C23H21NO4. The zero-order valence-electron chi connectivity index (χ0n) is 15.3. The number of carboxylic acids is 1. The molecule has 3 heterocycles. The number of carbonyl (C=O) groups is 2. The summed E-state index contributed by atoms with van der Waals surface area (Å²) < 4.78 is 6.23. The van der Waals surface area contributed by atoms with Crippen molar-refractivity contribution in [3.8, 4) is 0 Å². The lowest BCUT2D eigenvalue weighted by atomic mass is 9.74. The van der Waals surface area contributed by atoms with E-state index in [1.807, 2.05) is 77.7 Å². The maximum Gasteiger partial charge on any atom is 0.310 e. The monoisotopic (exact) mass is 375 g/mol. The summed E-state index contributed by atoms with van der Waals surface area (Å²) in [6.07, 6.45) is 3.87. The molecular weight excluding hydrogens is 354 g/mol. The van der Waals surface area contributed by atoms with Crippen LogP contribution in [0.1, 0.15) is 11.1 Å². The SMILES string of the molecule is O=C(O)[C@@H]1[C@H]2C=C[C@@]3(O2)[C@H](Cc2ccccc2)N(Cc2ccccc2)C(=O)[C@@H]13. The third-order valence-corrected chi connectivity index (χ3v) is 6.28. The first-order valence-corrected chi connectivity index (χ1v) is 9.58. The second-order valence-corrected chi connectivity index (χ2v) is 7.79. The highest BCUT2D eigenvalue weighted by atomic mass is 16.5. The molecule has 2 fully saturated rings. The molecule has 0 radical (unpaired) electrons. The summed E-state index contributed by atoms with van der Waals surface area (Å²) in [5.41, 5.74) is 1.26. The second-order valence-electron chi connectivity index (χ2n) is 7.79. The Balaban J connectivity index is 1.56. The van der Waals surface area contributed by atoms with E-state index in [0.29, 0.717) is 13.0 Å². The Kier molecular flexibility index (Phi) is 3.88. The number of amides is 1. The average Bonchev–Trinajstić information content (AvgIpc) is 3.34. The van der Waals surface area contributed by atoms with E-state index in [2.05, 4.69) is 0 Å². The summed E-state index contributed by atoms with van der Waals surface area (Å²) in [6.45, 7) is 0.448. The van der Waals surface area contributed by atoms with Gasteiger partial charge in [0.05, 0.1) is 18.1 Å². The molecule has 5 atom stereocenters. The summed E-state index contributed by atoms with van der Waals surface area (Å²) >= 11 is 0. The first-order chi connectivity index (χ1) is 13.6. The molecule has 3 aliphatic rings. The molecule has 1 N–H and O–H groups in total. The molecule has 5 heteroatoms. The lowest BCUT2D eigenvalue weighted by Gasteiger charge is -2.33. The highest BCUT2D eigenvalue weighted by molar-refractivity contribution is 5.91. The summed E-state index contributed by atoms with van der Waals surface area (Å²) in [6, 6.07) is 19.6. The van der Waals surface area contributed by atoms with Gasteiger partial charge in [0.2, 0.25) is 5.91 Å². The van der Waals surface area contributed by atoms with Crippen LogP contribution in [-0.4, -0.2) is 39.6 Å². The van der Waals surface area contributed by atoms with Crippen molar-refractivity contribution in [3.05, 3.63) is 83.9 Å². The van der Waals surface area contributed by atoms with E-state index >= 15 is 0 Å². The Morgan fingerprint density at radius 1 is 1.04 bits per heavy atom. The van der Waals surface area contributed by atoms with Crippen LogP contribution in [0.4, 0.5) is 0 Å². The minimum Gasteiger partial charge on any atom is -0.481 e. The van der Waals surface area contributed by atoms with Crippen molar-refractivity contribution in [2.24, 2.45) is 11.8 Å². The smallest absolute Gasteiger partial charge is 0.310 e. The fourth-order valence-corrected chi connectivity index (χ4v) is 5.08. The Morgan fingerprint density at radius 3 is 2.32 bits per heavy atom. The van der Waals surface area contributed by atoms with Crippen LogP contribution >= 0.6 is 0 Å². The van der Waals surface area contributed by atoms with Crippen molar-refractivity contribution in [1.82, 2.24) is 4.90 Å². The van der Waals surface area contributed by atoms with E-state index < -0.39 is 29.5 Å². The van der Waals surface area contributed by atoms with Gasteiger partial charge in [-0.15, -0.1) is 0 Å². The van der Waals surface area contributed by atoms with Crippen LogP contribution in [0.5, 0.6) is 0 Å². The molecule has 142 valence electrons. The van der Waals surface area contributed by atoms with Crippen molar-refractivity contribution >= 4 is 11.9 Å². The molecule has 0 aromatic heterocycles. The van der Waals surface area contributed by atoms with Crippen molar-refractivity contribution in [1.29, 1.82) is 0 Å². The van der Waals surface area contributed by atoms with E-state index in [-0.39, 0.29) is 11.9 Å².